The van der Waals surface area contributed by atoms with Gasteiger partial charge in [-0.3, -0.25) is 4.99 Å². The highest BCUT2D eigenvalue weighted by atomic mass is 35.5. The molecule has 0 aliphatic heterocycles. The van der Waals surface area contributed by atoms with Gasteiger partial charge in [0.05, 0.1) is 12.8 Å². The summed E-state index contributed by atoms with van der Waals surface area (Å²) in [5.41, 5.74) is 3.00. The largest absolute Gasteiger partial charge is 0.496 e. The molecule has 3 heteroatoms. The van der Waals surface area contributed by atoms with Gasteiger partial charge in [-0.1, -0.05) is 23.7 Å². The number of benzene rings is 2. The maximum atomic E-state index is 5.82. The molecule has 0 aliphatic carbocycles. The molecule has 0 heterocycles. The van der Waals surface area contributed by atoms with Gasteiger partial charge < -0.3 is 4.74 Å². The minimum Gasteiger partial charge on any atom is -0.496 e. The van der Waals surface area contributed by atoms with Gasteiger partial charge in [-0.25, -0.2) is 0 Å². The van der Waals surface area contributed by atoms with Crippen LogP contribution in [0.4, 0.5) is 5.69 Å². The Labute approximate surface area is 112 Å². The van der Waals surface area contributed by atoms with Gasteiger partial charge in [-0.2, -0.15) is 0 Å². The monoisotopic (exact) mass is 259 g/mol. The van der Waals surface area contributed by atoms with E-state index >= 15 is 0 Å². The first-order valence-corrected chi connectivity index (χ1v) is 6.01. The number of hydrogen-bond donors (Lipinski definition) is 0. The van der Waals surface area contributed by atoms with E-state index in [4.69, 9.17) is 16.3 Å². The highest BCUT2D eigenvalue weighted by Crippen LogP contribution is 2.23. The van der Waals surface area contributed by atoms with E-state index in [9.17, 15) is 0 Å². The molecule has 0 saturated carbocycles. The molecule has 0 fully saturated rings. The average molecular weight is 260 g/mol. The van der Waals surface area contributed by atoms with E-state index in [1.165, 1.54) is 0 Å². The lowest BCUT2D eigenvalue weighted by Gasteiger charge is -2.04. The first-order chi connectivity index (χ1) is 8.69. The van der Waals surface area contributed by atoms with Gasteiger partial charge in [0.1, 0.15) is 5.75 Å². The Balaban J connectivity index is 2.18. The van der Waals surface area contributed by atoms with Gasteiger partial charge in [0.2, 0.25) is 0 Å². The Morgan fingerprint density at radius 2 is 1.83 bits per heavy atom. The van der Waals surface area contributed by atoms with Crippen LogP contribution in [0.15, 0.2) is 47.5 Å². The van der Waals surface area contributed by atoms with E-state index in [0.717, 1.165) is 27.6 Å². The molecule has 0 unspecified atom stereocenters. The molecule has 2 aromatic carbocycles. The quantitative estimate of drug-likeness (QED) is 0.749. The predicted octanol–water partition coefficient (Wildman–Crippen LogP) is 4.41. The van der Waals surface area contributed by atoms with Gasteiger partial charge in [0, 0.05) is 11.2 Å². The molecule has 0 aliphatic rings. The summed E-state index contributed by atoms with van der Waals surface area (Å²) in [4.78, 5) is 4.42. The predicted molar refractivity (Wildman–Crippen MR) is 76.4 cm³/mol. The van der Waals surface area contributed by atoms with Crippen LogP contribution in [0.25, 0.3) is 0 Å². The summed E-state index contributed by atoms with van der Waals surface area (Å²) < 4.78 is 5.21. The number of ether oxygens (including phenoxy) is 1. The van der Waals surface area contributed by atoms with Crippen molar-refractivity contribution in [2.24, 2.45) is 4.99 Å². The van der Waals surface area contributed by atoms with Crippen LogP contribution in [-0.4, -0.2) is 13.3 Å². The molecule has 0 radical (unpaired) electrons. The number of rotatable bonds is 3. The van der Waals surface area contributed by atoms with Crippen molar-refractivity contribution in [1.29, 1.82) is 0 Å². The first-order valence-electron chi connectivity index (χ1n) is 5.63. The molecule has 2 nitrogen and oxygen atoms in total. The molecule has 0 bridgehead atoms. The second-order valence-electron chi connectivity index (χ2n) is 3.96. The van der Waals surface area contributed by atoms with E-state index in [0.29, 0.717) is 0 Å². The molecule has 2 aromatic rings. The Morgan fingerprint density at radius 1 is 1.11 bits per heavy atom. The fourth-order valence-corrected chi connectivity index (χ4v) is 1.77. The third kappa shape index (κ3) is 3.11. The van der Waals surface area contributed by atoms with Crippen molar-refractivity contribution < 1.29 is 4.74 Å². The maximum Gasteiger partial charge on any atom is 0.121 e. The van der Waals surface area contributed by atoms with Crippen molar-refractivity contribution in [2.45, 2.75) is 6.92 Å². The summed E-state index contributed by atoms with van der Waals surface area (Å²) in [5.74, 6) is 0.875. The lowest BCUT2D eigenvalue weighted by Crippen LogP contribution is -1.86. The van der Waals surface area contributed by atoms with Crippen LogP contribution in [0, 0.1) is 6.92 Å². The van der Waals surface area contributed by atoms with Crippen molar-refractivity contribution in [2.75, 3.05) is 7.11 Å². The number of halogens is 1. The SMILES string of the molecule is COc1ccc(N=Cc2ccc(Cl)cc2)cc1C. The fraction of sp³-hybridized carbons (Fsp3) is 0.133. The van der Waals surface area contributed by atoms with E-state index in [2.05, 4.69) is 4.99 Å². The fourth-order valence-electron chi connectivity index (χ4n) is 1.64. The number of nitrogens with zero attached hydrogens (tertiary/aromatic N) is 1. The molecule has 0 N–H and O–H groups in total. The molecule has 92 valence electrons. The zero-order chi connectivity index (χ0) is 13.0. The summed E-state index contributed by atoms with van der Waals surface area (Å²) in [6.45, 7) is 2.00. The minimum atomic E-state index is 0.729. The second-order valence-corrected chi connectivity index (χ2v) is 4.40. The normalized spacial score (nSPS) is 10.8. The molecular weight excluding hydrogens is 246 g/mol. The van der Waals surface area contributed by atoms with Crippen LogP contribution in [0.3, 0.4) is 0 Å². The van der Waals surface area contributed by atoms with Crippen LogP contribution in [0.1, 0.15) is 11.1 Å². The van der Waals surface area contributed by atoms with Crippen molar-refractivity contribution >= 4 is 23.5 Å². The summed E-state index contributed by atoms with van der Waals surface area (Å²) in [5, 5.41) is 0.729. The molecule has 0 saturated heterocycles. The van der Waals surface area contributed by atoms with Crippen LogP contribution in [0.5, 0.6) is 5.75 Å². The second kappa shape index (κ2) is 5.69. The molecule has 0 amide bonds. The van der Waals surface area contributed by atoms with Crippen LogP contribution < -0.4 is 4.74 Å². The minimum absolute atomic E-state index is 0.729. The first kappa shape index (κ1) is 12.7. The lowest BCUT2D eigenvalue weighted by molar-refractivity contribution is 0.412. The summed E-state index contributed by atoms with van der Waals surface area (Å²) in [6, 6.07) is 13.4. The smallest absolute Gasteiger partial charge is 0.121 e. The van der Waals surface area contributed by atoms with Gasteiger partial charge in [0.25, 0.3) is 0 Å². The Kier molecular flexibility index (Phi) is 4.00. The van der Waals surface area contributed by atoms with Crippen molar-refractivity contribution in [3.05, 3.63) is 58.6 Å². The summed E-state index contributed by atoms with van der Waals surface area (Å²) in [6.07, 6.45) is 1.82. The number of aryl methyl sites for hydroxylation is 1. The van der Waals surface area contributed by atoms with Crippen molar-refractivity contribution in [3.63, 3.8) is 0 Å². The lowest BCUT2D eigenvalue weighted by atomic mass is 10.2. The average Bonchev–Trinajstić information content (AvgIpc) is 2.38. The van der Waals surface area contributed by atoms with Gasteiger partial charge in [-0.05, 0) is 48.4 Å². The molecule has 0 aromatic heterocycles. The number of aliphatic imine (C=N–C) groups is 1. The van der Waals surface area contributed by atoms with Crippen molar-refractivity contribution in [3.8, 4) is 5.75 Å². The number of hydrogen-bond acceptors (Lipinski definition) is 2. The van der Waals surface area contributed by atoms with Gasteiger partial charge in [-0.15, -0.1) is 0 Å². The van der Waals surface area contributed by atoms with E-state index in [-0.39, 0.29) is 0 Å². The van der Waals surface area contributed by atoms with Gasteiger partial charge in [0.15, 0.2) is 0 Å². The third-order valence-corrected chi connectivity index (χ3v) is 2.86. The molecule has 0 spiro atoms. The maximum absolute atomic E-state index is 5.82. The van der Waals surface area contributed by atoms with Crippen LogP contribution in [0.2, 0.25) is 5.02 Å². The zero-order valence-corrected chi connectivity index (χ0v) is 11.1. The highest BCUT2D eigenvalue weighted by molar-refractivity contribution is 6.30. The van der Waals surface area contributed by atoms with Crippen LogP contribution in [-0.2, 0) is 0 Å². The number of methoxy groups -OCH3 is 1. The van der Waals surface area contributed by atoms with Gasteiger partial charge >= 0.3 is 0 Å². The van der Waals surface area contributed by atoms with E-state index in [1.807, 2.05) is 55.6 Å². The van der Waals surface area contributed by atoms with E-state index in [1.54, 1.807) is 7.11 Å². The molecule has 0 atom stereocenters. The molecule has 2 rings (SSSR count). The molecule has 18 heavy (non-hydrogen) atoms. The third-order valence-electron chi connectivity index (χ3n) is 2.61. The standard InChI is InChI=1S/C15H14ClNO/c1-11-9-14(7-8-15(11)18-2)17-10-12-3-5-13(16)6-4-12/h3-10H,1-2H3. The van der Waals surface area contributed by atoms with E-state index < -0.39 is 0 Å². The Bertz CT molecular complexity index is 561. The highest BCUT2D eigenvalue weighted by Gasteiger charge is 1.98. The zero-order valence-electron chi connectivity index (χ0n) is 10.4. The van der Waals surface area contributed by atoms with Crippen LogP contribution >= 0.6 is 11.6 Å². The summed E-state index contributed by atoms with van der Waals surface area (Å²) >= 11 is 5.82. The Morgan fingerprint density at radius 3 is 2.44 bits per heavy atom. The topological polar surface area (TPSA) is 21.6 Å². The molecular formula is C15H14ClNO. The van der Waals surface area contributed by atoms with Crippen molar-refractivity contribution in [1.82, 2.24) is 0 Å². The Hall–Kier alpha value is -1.80. The summed E-state index contributed by atoms with van der Waals surface area (Å²) in [7, 11) is 1.67.